The molecule has 9 heteroatoms. The Morgan fingerprint density at radius 2 is 1.84 bits per heavy atom. The van der Waals surface area contributed by atoms with Crippen LogP contribution >= 0.6 is 0 Å². The molecule has 0 aliphatic carbocycles. The van der Waals surface area contributed by atoms with Crippen molar-refractivity contribution >= 4 is 17.8 Å². The summed E-state index contributed by atoms with van der Waals surface area (Å²) in [6, 6.07) is 16.7. The minimum absolute atomic E-state index is 0.0666. The molecule has 2 heterocycles. The Hall–Kier alpha value is -3.87. The molecule has 0 aromatic heterocycles. The summed E-state index contributed by atoms with van der Waals surface area (Å²) in [6.07, 6.45) is 5.36. The molecule has 2 atom stereocenters. The summed E-state index contributed by atoms with van der Waals surface area (Å²) in [5.74, 6) is 2.20. The number of urea groups is 1. The van der Waals surface area contributed by atoms with Crippen LogP contribution in [0.5, 0.6) is 0 Å². The maximum absolute atomic E-state index is 13.5. The van der Waals surface area contributed by atoms with E-state index in [2.05, 4.69) is 11.2 Å². The van der Waals surface area contributed by atoms with Gasteiger partial charge in [-0.1, -0.05) is 73.0 Å². The van der Waals surface area contributed by atoms with Crippen LogP contribution in [0.1, 0.15) is 30.0 Å². The first-order valence-corrected chi connectivity index (χ1v) is 13.0. The maximum Gasteiger partial charge on any atom is 0.334 e. The number of benzene rings is 2. The third kappa shape index (κ3) is 6.15. The Morgan fingerprint density at radius 1 is 1.11 bits per heavy atom. The zero-order valence-electron chi connectivity index (χ0n) is 22.0. The van der Waals surface area contributed by atoms with Crippen LogP contribution in [0.2, 0.25) is 0 Å². The molecule has 4 rings (SSSR count). The first kappa shape index (κ1) is 27.2. The van der Waals surface area contributed by atoms with Crippen LogP contribution in [0.3, 0.4) is 0 Å². The largest absolute Gasteiger partial charge is 0.375 e. The molecular weight excluding hydrogens is 482 g/mol. The fraction of sp³-hybridized carbons (Fsp3) is 0.414. The molecule has 2 aromatic carbocycles. The van der Waals surface area contributed by atoms with Crippen molar-refractivity contribution in [3.63, 3.8) is 0 Å². The highest BCUT2D eigenvalue weighted by Gasteiger charge is 2.50. The van der Waals surface area contributed by atoms with Gasteiger partial charge in [-0.25, -0.2) is 9.80 Å². The smallest absolute Gasteiger partial charge is 0.334 e. The number of hydrazine groups is 1. The Balaban J connectivity index is 1.48. The topological polar surface area (TPSA) is 85.4 Å². The molecule has 2 saturated heterocycles. The van der Waals surface area contributed by atoms with Gasteiger partial charge in [0, 0.05) is 13.1 Å². The standard InChI is InChI=1S/C29H35N5O4/c1-4-15-32-20-27(35)33-25(5-2)28(36)31(16-17-38-21-24-13-11-22(3)12-14-24)19-26(33)34(32)29(37)30-18-23-9-7-6-8-10-23/h1,6-14,25-26H,5,15-21H2,2-3H3,(H,30,37)/t25-,26-/m0/s1. The molecule has 2 fully saturated rings. The molecule has 200 valence electrons. The molecule has 1 N–H and O–H groups in total. The number of piperazine rings is 1. The molecule has 4 amide bonds. The lowest BCUT2D eigenvalue weighted by atomic mass is 10.0. The lowest BCUT2D eigenvalue weighted by molar-refractivity contribution is -0.189. The normalized spacial score (nSPS) is 19.8. The average molecular weight is 518 g/mol. The molecule has 2 aliphatic heterocycles. The van der Waals surface area contributed by atoms with Crippen molar-refractivity contribution in [2.24, 2.45) is 0 Å². The van der Waals surface area contributed by atoms with Gasteiger partial charge in [-0.05, 0) is 24.5 Å². The molecular formula is C29H35N5O4. The Morgan fingerprint density at radius 3 is 2.53 bits per heavy atom. The molecule has 0 radical (unpaired) electrons. The number of aryl methyl sites for hydroxylation is 1. The van der Waals surface area contributed by atoms with Gasteiger partial charge in [0.15, 0.2) is 0 Å². The third-order valence-electron chi connectivity index (χ3n) is 6.88. The molecule has 9 nitrogen and oxygen atoms in total. The molecule has 38 heavy (non-hydrogen) atoms. The quantitative estimate of drug-likeness (QED) is 0.408. The third-order valence-corrected chi connectivity index (χ3v) is 6.88. The minimum Gasteiger partial charge on any atom is -0.375 e. The second-order valence-corrected chi connectivity index (χ2v) is 9.54. The fourth-order valence-corrected chi connectivity index (χ4v) is 4.93. The first-order chi connectivity index (χ1) is 18.4. The Labute approximate surface area is 224 Å². The number of terminal acetylenes is 1. The number of hydrogen-bond acceptors (Lipinski definition) is 5. The predicted octanol–water partition coefficient (Wildman–Crippen LogP) is 2.36. The van der Waals surface area contributed by atoms with E-state index in [0.29, 0.717) is 32.7 Å². The van der Waals surface area contributed by atoms with Gasteiger partial charge in [0.05, 0.1) is 32.8 Å². The summed E-state index contributed by atoms with van der Waals surface area (Å²) in [4.78, 5) is 43.3. The molecule has 0 bridgehead atoms. The van der Waals surface area contributed by atoms with Gasteiger partial charge in [-0.3, -0.25) is 9.59 Å². The fourth-order valence-electron chi connectivity index (χ4n) is 4.93. The van der Waals surface area contributed by atoms with Crippen LogP contribution < -0.4 is 5.32 Å². The number of nitrogens with zero attached hydrogens (tertiary/aromatic N) is 4. The lowest BCUT2D eigenvalue weighted by Crippen LogP contribution is -2.76. The number of amides is 4. The van der Waals surface area contributed by atoms with Crippen molar-refractivity contribution in [1.82, 2.24) is 25.1 Å². The minimum atomic E-state index is -0.667. The van der Waals surface area contributed by atoms with Gasteiger partial charge < -0.3 is 19.9 Å². The van der Waals surface area contributed by atoms with Crippen molar-refractivity contribution in [1.29, 1.82) is 0 Å². The van der Waals surface area contributed by atoms with Crippen molar-refractivity contribution in [2.75, 3.05) is 32.8 Å². The lowest BCUT2D eigenvalue weighted by Gasteiger charge is -2.54. The highest BCUT2D eigenvalue weighted by molar-refractivity contribution is 5.91. The van der Waals surface area contributed by atoms with Gasteiger partial charge in [0.2, 0.25) is 11.8 Å². The number of carbonyl (C=O) groups excluding carboxylic acids is 3. The second kappa shape index (κ2) is 12.6. The summed E-state index contributed by atoms with van der Waals surface area (Å²) in [5, 5.41) is 6.04. The average Bonchev–Trinajstić information content (AvgIpc) is 2.92. The van der Waals surface area contributed by atoms with Gasteiger partial charge >= 0.3 is 6.03 Å². The van der Waals surface area contributed by atoms with E-state index in [9.17, 15) is 14.4 Å². The van der Waals surface area contributed by atoms with Crippen molar-refractivity contribution in [2.45, 2.75) is 45.6 Å². The second-order valence-electron chi connectivity index (χ2n) is 9.54. The molecule has 2 aromatic rings. The zero-order chi connectivity index (χ0) is 27.1. The summed E-state index contributed by atoms with van der Waals surface area (Å²) < 4.78 is 5.85. The summed E-state index contributed by atoms with van der Waals surface area (Å²) >= 11 is 0. The van der Waals surface area contributed by atoms with E-state index in [0.717, 1.165) is 11.1 Å². The number of nitrogens with one attached hydrogen (secondary N) is 1. The van der Waals surface area contributed by atoms with E-state index in [1.807, 2.05) is 68.4 Å². The zero-order valence-corrected chi connectivity index (χ0v) is 22.0. The van der Waals surface area contributed by atoms with Crippen LogP contribution in [-0.2, 0) is 27.5 Å². The van der Waals surface area contributed by atoms with Gasteiger partial charge in [0.25, 0.3) is 0 Å². The number of fused-ring (bicyclic) bond motifs is 1. The Kier molecular flexibility index (Phi) is 9.00. The Bertz CT molecular complexity index is 1160. The van der Waals surface area contributed by atoms with Crippen molar-refractivity contribution in [3.05, 3.63) is 71.3 Å². The highest BCUT2D eigenvalue weighted by Crippen LogP contribution is 2.27. The van der Waals surface area contributed by atoms with Crippen molar-refractivity contribution < 1.29 is 19.1 Å². The van der Waals surface area contributed by atoms with Gasteiger partial charge in [-0.15, -0.1) is 6.42 Å². The van der Waals surface area contributed by atoms with Crippen LogP contribution in [0.4, 0.5) is 4.79 Å². The van der Waals surface area contributed by atoms with E-state index in [1.165, 1.54) is 10.6 Å². The SMILES string of the molecule is C#CCN1CC(=O)N2[C@@H](CC)C(=O)N(CCOCc3ccc(C)cc3)C[C@@H]2N1C(=O)NCc1ccccc1. The van der Waals surface area contributed by atoms with Crippen LogP contribution in [0, 0.1) is 19.3 Å². The molecule has 0 spiro atoms. The molecule has 0 saturated carbocycles. The first-order valence-electron chi connectivity index (χ1n) is 13.0. The van der Waals surface area contributed by atoms with Crippen molar-refractivity contribution in [3.8, 4) is 12.3 Å². The summed E-state index contributed by atoms with van der Waals surface area (Å²) in [5.41, 5.74) is 3.19. The highest BCUT2D eigenvalue weighted by atomic mass is 16.5. The van der Waals surface area contributed by atoms with Crippen LogP contribution in [-0.4, -0.2) is 82.7 Å². The van der Waals surface area contributed by atoms with Crippen LogP contribution in [0.25, 0.3) is 0 Å². The number of hydrogen-bond donors (Lipinski definition) is 1. The summed E-state index contributed by atoms with van der Waals surface area (Å²) in [6.45, 7) is 5.57. The van der Waals surface area contributed by atoms with E-state index in [4.69, 9.17) is 11.2 Å². The van der Waals surface area contributed by atoms with E-state index >= 15 is 0 Å². The van der Waals surface area contributed by atoms with Crippen LogP contribution in [0.15, 0.2) is 54.6 Å². The van der Waals surface area contributed by atoms with Gasteiger partial charge in [0.1, 0.15) is 12.2 Å². The number of carbonyl (C=O) groups is 3. The summed E-state index contributed by atoms with van der Waals surface area (Å²) in [7, 11) is 0. The van der Waals surface area contributed by atoms with E-state index in [1.54, 1.807) is 14.8 Å². The maximum atomic E-state index is 13.5. The predicted molar refractivity (Wildman–Crippen MR) is 143 cm³/mol. The van der Waals surface area contributed by atoms with Gasteiger partial charge in [-0.2, -0.15) is 5.01 Å². The number of ether oxygens (including phenoxy) is 1. The molecule has 2 aliphatic rings. The van der Waals surface area contributed by atoms with E-state index in [-0.39, 0.29) is 37.5 Å². The number of rotatable bonds is 9. The monoisotopic (exact) mass is 517 g/mol. The van der Waals surface area contributed by atoms with E-state index < -0.39 is 12.2 Å². The molecule has 0 unspecified atom stereocenters.